The molecule has 2 amide bonds. The Balaban J connectivity index is 2.02. The van der Waals surface area contributed by atoms with Crippen LogP contribution in [0, 0.1) is 18.7 Å². The number of benzene rings is 3. The molecule has 0 aromatic heterocycles. The van der Waals surface area contributed by atoms with E-state index in [1.807, 2.05) is 27.0 Å². The maximum Gasteiger partial charge on any atom is 0.264 e. The predicted molar refractivity (Wildman–Crippen MR) is 158 cm³/mol. The minimum Gasteiger partial charge on any atom is -0.354 e. The number of hydrogen-bond acceptors (Lipinski definition) is 5. The summed E-state index contributed by atoms with van der Waals surface area (Å²) in [6.45, 7) is 6.95. The van der Waals surface area contributed by atoms with Gasteiger partial charge in [0.15, 0.2) is 0 Å². The van der Waals surface area contributed by atoms with Crippen molar-refractivity contribution in [3.8, 4) is 0 Å². The van der Waals surface area contributed by atoms with Crippen LogP contribution in [0.15, 0.2) is 82.6 Å². The summed E-state index contributed by atoms with van der Waals surface area (Å²) in [5.41, 5.74) is 1.45. The van der Waals surface area contributed by atoms with Gasteiger partial charge in [-0.25, -0.2) is 12.8 Å². The molecule has 214 valence electrons. The van der Waals surface area contributed by atoms with Crippen molar-refractivity contribution in [2.45, 2.75) is 50.1 Å². The summed E-state index contributed by atoms with van der Waals surface area (Å²) < 4.78 is 43.4. The molecule has 0 aliphatic rings. The Hall–Kier alpha value is -3.37. The number of carbonyl (C=O) groups excluding carboxylic acids is 2. The smallest absolute Gasteiger partial charge is 0.264 e. The molecule has 1 atom stereocenters. The molecule has 1 unspecified atom stereocenters. The third kappa shape index (κ3) is 7.85. The fourth-order valence-corrected chi connectivity index (χ4v) is 5.78. The number of aryl methyl sites for hydroxylation is 1. The third-order valence-electron chi connectivity index (χ3n) is 6.40. The Bertz CT molecular complexity index is 1410. The first kappa shape index (κ1) is 31.2. The molecule has 0 heterocycles. The Labute approximate surface area is 240 Å². The molecule has 3 rings (SSSR count). The second-order valence-corrected chi connectivity index (χ2v) is 12.7. The van der Waals surface area contributed by atoms with E-state index in [0.717, 1.165) is 14.8 Å². The molecular weight excluding hydrogens is 549 g/mol. The highest BCUT2D eigenvalue weighted by atomic mass is 32.2. The average Bonchev–Trinajstić information content (AvgIpc) is 2.94. The summed E-state index contributed by atoms with van der Waals surface area (Å²) in [6, 6.07) is 18.2. The molecule has 1 N–H and O–H groups in total. The van der Waals surface area contributed by atoms with E-state index < -0.39 is 40.2 Å². The second kappa shape index (κ2) is 13.8. The van der Waals surface area contributed by atoms with Gasteiger partial charge in [0, 0.05) is 23.5 Å². The largest absolute Gasteiger partial charge is 0.354 e. The zero-order valence-corrected chi connectivity index (χ0v) is 25.1. The zero-order valence-electron chi connectivity index (χ0n) is 23.4. The summed E-state index contributed by atoms with van der Waals surface area (Å²) in [5.74, 6) is -1.38. The van der Waals surface area contributed by atoms with E-state index >= 15 is 0 Å². The Morgan fingerprint density at radius 1 is 0.950 bits per heavy atom. The van der Waals surface area contributed by atoms with Crippen molar-refractivity contribution in [2.24, 2.45) is 5.92 Å². The van der Waals surface area contributed by atoms with Crippen molar-refractivity contribution in [2.75, 3.05) is 23.7 Å². The van der Waals surface area contributed by atoms with Crippen molar-refractivity contribution in [1.82, 2.24) is 10.2 Å². The van der Waals surface area contributed by atoms with Crippen LogP contribution in [0.25, 0.3) is 0 Å². The lowest BCUT2D eigenvalue weighted by molar-refractivity contribution is -0.139. The topological polar surface area (TPSA) is 86.8 Å². The van der Waals surface area contributed by atoms with Crippen molar-refractivity contribution in [1.29, 1.82) is 0 Å². The molecule has 0 fully saturated rings. The summed E-state index contributed by atoms with van der Waals surface area (Å²) >= 11 is 1.48. The molecule has 10 heteroatoms. The Morgan fingerprint density at radius 3 is 2.15 bits per heavy atom. The van der Waals surface area contributed by atoms with Crippen LogP contribution in [0.3, 0.4) is 0 Å². The number of halogens is 1. The summed E-state index contributed by atoms with van der Waals surface area (Å²) in [5, 5.41) is 2.82. The van der Waals surface area contributed by atoms with Crippen molar-refractivity contribution >= 4 is 39.3 Å². The highest BCUT2D eigenvalue weighted by molar-refractivity contribution is 7.98. The van der Waals surface area contributed by atoms with Crippen LogP contribution in [-0.2, 0) is 26.2 Å². The third-order valence-corrected chi connectivity index (χ3v) is 8.93. The average molecular weight is 586 g/mol. The number of hydrogen-bond donors (Lipinski definition) is 1. The molecular formula is C30H36FN3O4S2. The standard InChI is InChI=1S/C30H36FN3O4S2/c1-21(2)18-32-30(36)23(4)33(19-24-8-6-7-9-28(24)31)29(35)20-34(25-12-10-22(3)11-13-25)40(37,38)27-16-14-26(39-5)15-17-27/h6-17,21,23H,18-20H2,1-5H3,(H,32,36). The molecule has 7 nitrogen and oxygen atoms in total. The molecule has 3 aromatic carbocycles. The van der Waals surface area contributed by atoms with Gasteiger partial charge in [0.1, 0.15) is 18.4 Å². The number of anilines is 1. The molecule has 0 saturated heterocycles. The summed E-state index contributed by atoms with van der Waals surface area (Å²) in [7, 11) is -4.17. The van der Waals surface area contributed by atoms with E-state index in [0.29, 0.717) is 12.2 Å². The molecule has 0 aliphatic heterocycles. The van der Waals surface area contributed by atoms with Crippen LogP contribution in [-0.4, -0.2) is 50.5 Å². The molecule has 0 saturated carbocycles. The first-order valence-corrected chi connectivity index (χ1v) is 15.6. The summed E-state index contributed by atoms with van der Waals surface area (Å²) in [6.07, 6.45) is 1.89. The van der Waals surface area contributed by atoms with Gasteiger partial charge in [0.2, 0.25) is 11.8 Å². The van der Waals surface area contributed by atoms with E-state index in [9.17, 15) is 22.4 Å². The number of thioether (sulfide) groups is 1. The van der Waals surface area contributed by atoms with E-state index in [4.69, 9.17) is 0 Å². The summed E-state index contributed by atoms with van der Waals surface area (Å²) in [4.78, 5) is 29.0. The number of nitrogens with one attached hydrogen (secondary N) is 1. The van der Waals surface area contributed by atoms with Crippen molar-refractivity contribution in [3.05, 3.63) is 89.7 Å². The fourth-order valence-electron chi connectivity index (χ4n) is 3.96. The lowest BCUT2D eigenvalue weighted by Gasteiger charge is -2.32. The lowest BCUT2D eigenvalue weighted by atomic mass is 10.1. The van der Waals surface area contributed by atoms with Gasteiger partial charge in [-0.15, -0.1) is 11.8 Å². The van der Waals surface area contributed by atoms with Crippen LogP contribution >= 0.6 is 11.8 Å². The van der Waals surface area contributed by atoms with Gasteiger partial charge in [0.05, 0.1) is 10.6 Å². The lowest BCUT2D eigenvalue weighted by Crippen LogP contribution is -2.51. The maximum absolute atomic E-state index is 14.6. The van der Waals surface area contributed by atoms with Crippen LogP contribution < -0.4 is 9.62 Å². The van der Waals surface area contributed by atoms with Crippen LogP contribution in [0.2, 0.25) is 0 Å². The van der Waals surface area contributed by atoms with Crippen molar-refractivity contribution < 1.29 is 22.4 Å². The quantitative estimate of drug-likeness (QED) is 0.294. The van der Waals surface area contributed by atoms with Gasteiger partial charge >= 0.3 is 0 Å². The van der Waals surface area contributed by atoms with E-state index in [2.05, 4.69) is 5.32 Å². The van der Waals surface area contributed by atoms with Crippen LogP contribution in [0.5, 0.6) is 0 Å². The number of sulfonamides is 1. The molecule has 3 aromatic rings. The predicted octanol–water partition coefficient (Wildman–Crippen LogP) is 5.24. The first-order valence-electron chi connectivity index (χ1n) is 13.0. The minimum atomic E-state index is -4.17. The van der Waals surface area contributed by atoms with E-state index in [1.165, 1.54) is 47.0 Å². The molecule has 40 heavy (non-hydrogen) atoms. The van der Waals surface area contributed by atoms with Gasteiger partial charge in [0.25, 0.3) is 10.0 Å². The first-order chi connectivity index (χ1) is 18.9. The SMILES string of the molecule is CSc1ccc(S(=O)(=O)N(CC(=O)N(Cc2ccccc2F)C(C)C(=O)NCC(C)C)c2ccc(C)cc2)cc1. The molecule has 0 aliphatic carbocycles. The Kier molecular flexibility index (Phi) is 10.8. The maximum atomic E-state index is 14.6. The Morgan fingerprint density at radius 2 is 1.57 bits per heavy atom. The highest BCUT2D eigenvalue weighted by Gasteiger charge is 2.33. The van der Waals surface area contributed by atoms with Gasteiger partial charge in [-0.3, -0.25) is 13.9 Å². The second-order valence-electron chi connectivity index (χ2n) is 9.95. The van der Waals surface area contributed by atoms with Crippen LogP contribution in [0.1, 0.15) is 31.9 Å². The highest BCUT2D eigenvalue weighted by Crippen LogP contribution is 2.26. The number of amides is 2. The number of carbonyl (C=O) groups is 2. The molecule has 0 spiro atoms. The van der Waals surface area contributed by atoms with Gasteiger partial charge in [-0.1, -0.05) is 49.7 Å². The molecule has 0 bridgehead atoms. The number of rotatable bonds is 12. The van der Waals surface area contributed by atoms with Gasteiger partial charge in [-0.05, 0) is 68.5 Å². The van der Waals surface area contributed by atoms with Gasteiger partial charge < -0.3 is 10.2 Å². The minimum absolute atomic E-state index is 0.0297. The van der Waals surface area contributed by atoms with Crippen molar-refractivity contribution in [3.63, 3.8) is 0 Å². The zero-order chi connectivity index (χ0) is 29.4. The van der Waals surface area contributed by atoms with E-state index in [1.54, 1.807) is 49.4 Å². The van der Waals surface area contributed by atoms with E-state index in [-0.39, 0.29) is 22.9 Å². The molecule has 0 radical (unpaired) electrons. The normalized spacial score (nSPS) is 12.2. The van der Waals surface area contributed by atoms with Gasteiger partial charge in [-0.2, -0.15) is 0 Å². The van der Waals surface area contributed by atoms with Crippen LogP contribution in [0.4, 0.5) is 10.1 Å². The number of nitrogens with zero attached hydrogens (tertiary/aromatic N) is 2. The monoisotopic (exact) mass is 585 g/mol. The fraction of sp³-hybridized carbons (Fsp3) is 0.333.